The minimum atomic E-state index is -0.240. The number of ether oxygens (including phenoxy) is 1. The van der Waals surface area contributed by atoms with Gasteiger partial charge in [-0.15, -0.1) is 0 Å². The van der Waals surface area contributed by atoms with Gasteiger partial charge in [-0.3, -0.25) is 4.79 Å². The van der Waals surface area contributed by atoms with E-state index in [9.17, 15) is 4.79 Å². The summed E-state index contributed by atoms with van der Waals surface area (Å²) in [7, 11) is 0. The van der Waals surface area contributed by atoms with E-state index in [0.717, 1.165) is 5.56 Å². The Bertz CT molecular complexity index is 632. The molecular formula is C15H16BrN3O2. The Labute approximate surface area is 131 Å². The van der Waals surface area contributed by atoms with Crippen LogP contribution in [0.25, 0.3) is 0 Å². The van der Waals surface area contributed by atoms with E-state index in [0.29, 0.717) is 22.7 Å². The van der Waals surface area contributed by atoms with Crippen LogP contribution in [0.4, 0.5) is 0 Å². The van der Waals surface area contributed by atoms with Gasteiger partial charge in [0, 0.05) is 18.3 Å². The zero-order chi connectivity index (χ0) is 15.2. The molecule has 0 aliphatic rings. The van der Waals surface area contributed by atoms with Crippen LogP contribution in [-0.2, 0) is 6.54 Å². The molecule has 0 atom stereocenters. The summed E-state index contributed by atoms with van der Waals surface area (Å²) in [5, 5.41) is 2.81. The number of pyridine rings is 2. The van der Waals surface area contributed by atoms with Crippen molar-refractivity contribution in [1.82, 2.24) is 15.3 Å². The molecule has 110 valence electrons. The van der Waals surface area contributed by atoms with E-state index < -0.39 is 0 Å². The number of carbonyl (C=O) groups excluding carboxylic acids is 1. The van der Waals surface area contributed by atoms with Crippen molar-refractivity contribution in [1.29, 1.82) is 0 Å². The number of nitrogens with one attached hydrogen (secondary N) is 1. The molecule has 0 radical (unpaired) electrons. The topological polar surface area (TPSA) is 64.1 Å². The molecule has 0 saturated heterocycles. The lowest BCUT2D eigenvalue weighted by Gasteiger charge is -2.13. The molecule has 0 aliphatic heterocycles. The molecule has 2 rings (SSSR count). The predicted octanol–water partition coefficient (Wildman–Crippen LogP) is 2.96. The van der Waals surface area contributed by atoms with E-state index in [2.05, 4.69) is 31.2 Å². The highest BCUT2D eigenvalue weighted by atomic mass is 79.9. The predicted molar refractivity (Wildman–Crippen MR) is 83.1 cm³/mol. The van der Waals surface area contributed by atoms with Gasteiger partial charge in [0.2, 0.25) is 5.88 Å². The minimum absolute atomic E-state index is 0.0288. The monoisotopic (exact) mass is 349 g/mol. The number of nitrogens with zero attached hydrogens (tertiary/aromatic N) is 2. The molecule has 1 amide bonds. The normalized spacial score (nSPS) is 10.5. The molecule has 0 fully saturated rings. The van der Waals surface area contributed by atoms with Crippen LogP contribution in [0.15, 0.2) is 41.1 Å². The summed E-state index contributed by atoms with van der Waals surface area (Å²) in [5.41, 5.74) is 1.19. The van der Waals surface area contributed by atoms with Gasteiger partial charge in [-0.2, -0.15) is 0 Å². The summed E-state index contributed by atoms with van der Waals surface area (Å²) in [6.45, 7) is 4.20. The highest BCUT2D eigenvalue weighted by Crippen LogP contribution is 2.15. The lowest BCUT2D eigenvalue weighted by atomic mass is 10.2. The zero-order valence-electron chi connectivity index (χ0n) is 11.8. The summed E-state index contributed by atoms with van der Waals surface area (Å²) in [6, 6.07) is 8.88. The molecule has 1 N–H and O–H groups in total. The molecule has 0 unspecified atom stereocenters. The summed E-state index contributed by atoms with van der Waals surface area (Å²) >= 11 is 3.24. The van der Waals surface area contributed by atoms with Crippen LogP contribution in [0.1, 0.15) is 29.9 Å². The SMILES string of the molecule is CC(C)Oc1ncccc1CNC(=O)c1cccc(Br)n1. The lowest BCUT2D eigenvalue weighted by Crippen LogP contribution is -2.24. The number of amides is 1. The van der Waals surface area contributed by atoms with Gasteiger partial charge in [0.25, 0.3) is 5.91 Å². The van der Waals surface area contributed by atoms with Crippen molar-refractivity contribution in [2.75, 3.05) is 0 Å². The standard InChI is InChI=1S/C15H16BrN3O2/c1-10(2)21-15-11(5-4-8-17-15)9-18-14(20)12-6-3-7-13(16)19-12/h3-8,10H,9H2,1-2H3,(H,18,20). The lowest BCUT2D eigenvalue weighted by molar-refractivity contribution is 0.0945. The van der Waals surface area contributed by atoms with Gasteiger partial charge in [0.05, 0.1) is 6.10 Å². The van der Waals surface area contributed by atoms with Crippen molar-refractivity contribution in [2.45, 2.75) is 26.5 Å². The maximum Gasteiger partial charge on any atom is 0.270 e. The Hall–Kier alpha value is -1.95. The first-order valence-electron chi connectivity index (χ1n) is 6.57. The minimum Gasteiger partial charge on any atom is -0.475 e. The second-order valence-electron chi connectivity index (χ2n) is 4.66. The molecule has 0 bridgehead atoms. The summed E-state index contributed by atoms with van der Waals surface area (Å²) in [6.07, 6.45) is 1.69. The van der Waals surface area contributed by atoms with E-state index in [1.54, 1.807) is 24.4 Å². The number of aromatic nitrogens is 2. The molecular weight excluding hydrogens is 334 g/mol. The first-order chi connectivity index (χ1) is 10.1. The Morgan fingerprint density at radius 2 is 2.14 bits per heavy atom. The number of hydrogen-bond donors (Lipinski definition) is 1. The van der Waals surface area contributed by atoms with Gasteiger partial charge < -0.3 is 10.1 Å². The molecule has 2 aromatic heterocycles. The maximum absolute atomic E-state index is 12.0. The molecule has 5 nitrogen and oxygen atoms in total. The third-order valence-corrected chi connectivity index (χ3v) is 3.03. The Morgan fingerprint density at radius 1 is 1.33 bits per heavy atom. The van der Waals surface area contributed by atoms with Crippen LogP contribution >= 0.6 is 15.9 Å². The summed E-state index contributed by atoms with van der Waals surface area (Å²) < 4.78 is 6.24. The fourth-order valence-electron chi connectivity index (χ4n) is 1.69. The number of hydrogen-bond acceptors (Lipinski definition) is 4. The number of halogens is 1. The largest absolute Gasteiger partial charge is 0.475 e. The molecule has 6 heteroatoms. The van der Waals surface area contributed by atoms with Gasteiger partial charge in [-0.05, 0) is 48.0 Å². The van der Waals surface area contributed by atoms with Crippen molar-refractivity contribution in [2.24, 2.45) is 0 Å². The molecule has 0 aliphatic carbocycles. The van der Waals surface area contributed by atoms with Crippen molar-refractivity contribution < 1.29 is 9.53 Å². The van der Waals surface area contributed by atoms with Gasteiger partial charge in [-0.1, -0.05) is 12.1 Å². The van der Waals surface area contributed by atoms with E-state index in [1.807, 2.05) is 26.0 Å². The average molecular weight is 350 g/mol. The molecule has 2 aromatic rings. The highest BCUT2D eigenvalue weighted by molar-refractivity contribution is 9.10. The second kappa shape index (κ2) is 7.17. The average Bonchev–Trinajstić information content (AvgIpc) is 2.45. The fourth-order valence-corrected chi connectivity index (χ4v) is 2.03. The third-order valence-electron chi connectivity index (χ3n) is 2.58. The smallest absolute Gasteiger partial charge is 0.270 e. The van der Waals surface area contributed by atoms with Crippen molar-refractivity contribution in [3.05, 3.63) is 52.4 Å². The Balaban J connectivity index is 2.04. The van der Waals surface area contributed by atoms with E-state index in [1.165, 1.54) is 0 Å². The van der Waals surface area contributed by atoms with E-state index in [4.69, 9.17) is 4.74 Å². The second-order valence-corrected chi connectivity index (χ2v) is 5.47. The van der Waals surface area contributed by atoms with Crippen LogP contribution in [-0.4, -0.2) is 22.0 Å². The van der Waals surface area contributed by atoms with Crippen LogP contribution in [0.3, 0.4) is 0 Å². The van der Waals surface area contributed by atoms with Crippen LogP contribution < -0.4 is 10.1 Å². The van der Waals surface area contributed by atoms with Crippen molar-refractivity contribution in [3.63, 3.8) is 0 Å². The highest BCUT2D eigenvalue weighted by Gasteiger charge is 2.10. The first-order valence-corrected chi connectivity index (χ1v) is 7.37. The summed E-state index contributed by atoms with van der Waals surface area (Å²) in [5.74, 6) is 0.297. The van der Waals surface area contributed by atoms with E-state index in [-0.39, 0.29) is 12.0 Å². The van der Waals surface area contributed by atoms with Crippen molar-refractivity contribution in [3.8, 4) is 5.88 Å². The number of rotatable bonds is 5. The quantitative estimate of drug-likeness (QED) is 0.842. The first kappa shape index (κ1) is 15.4. The van der Waals surface area contributed by atoms with Gasteiger partial charge >= 0.3 is 0 Å². The summed E-state index contributed by atoms with van der Waals surface area (Å²) in [4.78, 5) is 20.3. The number of carbonyl (C=O) groups is 1. The molecule has 0 saturated carbocycles. The van der Waals surface area contributed by atoms with Gasteiger partial charge in [0.1, 0.15) is 10.3 Å². The third kappa shape index (κ3) is 4.53. The van der Waals surface area contributed by atoms with Crippen LogP contribution in [0.2, 0.25) is 0 Å². The molecule has 0 spiro atoms. The van der Waals surface area contributed by atoms with Crippen LogP contribution in [0.5, 0.6) is 5.88 Å². The fraction of sp³-hybridized carbons (Fsp3) is 0.267. The van der Waals surface area contributed by atoms with Crippen LogP contribution in [0, 0.1) is 0 Å². The van der Waals surface area contributed by atoms with Gasteiger partial charge in [0.15, 0.2) is 0 Å². The maximum atomic E-state index is 12.0. The van der Waals surface area contributed by atoms with Crippen molar-refractivity contribution >= 4 is 21.8 Å². The zero-order valence-corrected chi connectivity index (χ0v) is 13.4. The Morgan fingerprint density at radius 3 is 2.86 bits per heavy atom. The molecule has 0 aromatic carbocycles. The molecule has 21 heavy (non-hydrogen) atoms. The van der Waals surface area contributed by atoms with E-state index >= 15 is 0 Å². The molecule has 2 heterocycles. The van der Waals surface area contributed by atoms with Gasteiger partial charge in [-0.25, -0.2) is 9.97 Å². The Kier molecular flexibility index (Phi) is 5.27.